The summed E-state index contributed by atoms with van der Waals surface area (Å²) in [5.74, 6) is 0.683. The summed E-state index contributed by atoms with van der Waals surface area (Å²) in [7, 11) is -1.78. The van der Waals surface area contributed by atoms with Crippen LogP contribution < -0.4 is 0 Å². The van der Waals surface area contributed by atoms with Crippen LogP contribution in [0.15, 0.2) is 35.6 Å². The Bertz CT molecular complexity index is 720. The van der Waals surface area contributed by atoms with Gasteiger partial charge in [-0.15, -0.1) is 0 Å². The zero-order valence-corrected chi connectivity index (χ0v) is 12.9. The first-order valence-electron chi connectivity index (χ1n) is 6.93. The monoisotopic (exact) mass is 306 g/mol. The van der Waals surface area contributed by atoms with E-state index in [9.17, 15) is 8.42 Å². The SMILES string of the molecule is Cc1nc(S(=O)(=O)N2CCCC2c2ccccn2)cn1C. The van der Waals surface area contributed by atoms with E-state index in [1.807, 2.05) is 18.2 Å². The lowest BCUT2D eigenvalue weighted by Crippen LogP contribution is -2.31. The molecular formula is C14H18N4O2S. The first-order chi connectivity index (χ1) is 10.00. The second-order valence-electron chi connectivity index (χ2n) is 5.27. The maximum Gasteiger partial charge on any atom is 0.262 e. The highest BCUT2D eigenvalue weighted by molar-refractivity contribution is 7.89. The quantitative estimate of drug-likeness (QED) is 0.864. The van der Waals surface area contributed by atoms with Crippen LogP contribution in [0.25, 0.3) is 0 Å². The van der Waals surface area contributed by atoms with Crippen molar-refractivity contribution in [1.82, 2.24) is 18.8 Å². The number of hydrogen-bond donors (Lipinski definition) is 0. The summed E-state index contributed by atoms with van der Waals surface area (Å²) in [4.78, 5) is 8.48. The predicted octanol–water partition coefficient (Wildman–Crippen LogP) is 1.65. The summed E-state index contributed by atoms with van der Waals surface area (Å²) >= 11 is 0. The summed E-state index contributed by atoms with van der Waals surface area (Å²) in [6, 6.07) is 5.40. The van der Waals surface area contributed by atoms with Crippen molar-refractivity contribution < 1.29 is 8.42 Å². The van der Waals surface area contributed by atoms with Gasteiger partial charge in [-0.05, 0) is 31.9 Å². The van der Waals surface area contributed by atoms with E-state index in [-0.39, 0.29) is 11.1 Å². The molecule has 21 heavy (non-hydrogen) atoms. The van der Waals surface area contributed by atoms with Gasteiger partial charge in [0.2, 0.25) is 0 Å². The van der Waals surface area contributed by atoms with Crippen LogP contribution in [-0.2, 0) is 17.1 Å². The molecule has 0 aromatic carbocycles. The predicted molar refractivity (Wildman–Crippen MR) is 78.0 cm³/mol. The Morgan fingerprint density at radius 3 is 2.76 bits per heavy atom. The van der Waals surface area contributed by atoms with Gasteiger partial charge in [0.05, 0.1) is 11.7 Å². The summed E-state index contributed by atoms with van der Waals surface area (Å²) in [6.07, 6.45) is 4.90. The van der Waals surface area contributed by atoms with Crippen molar-refractivity contribution in [2.45, 2.75) is 30.8 Å². The maximum absolute atomic E-state index is 12.8. The van der Waals surface area contributed by atoms with Gasteiger partial charge >= 0.3 is 0 Å². The number of pyridine rings is 1. The van der Waals surface area contributed by atoms with Crippen LogP contribution in [0.3, 0.4) is 0 Å². The summed E-state index contributed by atoms with van der Waals surface area (Å²) < 4.78 is 28.9. The van der Waals surface area contributed by atoms with Gasteiger partial charge in [0.15, 0.2) is 5.03 Å². The molecule has 112 valence electrons. The topological polar surface area (TPSA) is 68.1 Å². The third-order valence-corrected chi connectivity index (χ3v) is 5.67. The first kappa shape index (κ1) is 14.2. The Morgan fingerprint density at radius 1 is 1.33 bits per heavy atom. The Morgan fingerprint density at radius 2 is 2.14 bits per heavy atom. The highest BCUT2D eigenvalue weighted by Crippen LogP contribution is 2.35. The van der Waals surface area contributed by atoms with Crippen molar-refractivity contribution in [1.29, 1.82) is 0 Å². The molecular weight excluding hydrogens is 288 g/mol. The van der Waals surface area contributed by atoms with Gasteiger partial charge in [-0.1, -0.05) is 6.07 Å². The average Bonchev–Trinajstić information content (AvgIpc) is 3.08. The van der Waals surface area contributed by atoms with Gasteiger partial charge in [-0.3, -0.25) is 4.98 Å². The zero-order valence-electron chi connectivity index (χ0n) is 12.1. The normalized spacial score (nSPS) is 20.0. The number of rotatable bonds is 3. The second kappa shape index (κ2) is 5.23. The fraction of sp³-hybridized carbons (Fsp3) is 0.429. The van der Waals surface area contributed by atoms with E-state index in [4.69, 9.17) is 0 Å². The minimum absolute atomic E-state index is 0.116. The summed E-state index contributed by atoms with van der Waals surface area (Å²) in [5, 5.41) is 0.116. The molecule has 7 heteroatoms. The van der Waals surface area contributed by atoms with Crippen molar-refractivity contribution >= 4 is 10.0 Å². The van der Waals surface area contributed by atoms with E-state index in [0.717, 1.165) is 18.5 Å². The second-order valence-corrected chi connectivity index (χ2v) is 7.10. The molecule has 2 aromatic heterocycles. The van der Waals surface area contributed by atoms with E-state index >= 15 is 0 Å². The lowest BCUT2D eigenvalue weighted by Gasteiger charge is -2.22. The Labute approximate surface area is 124 Å². The molecule has 6 nitrogen and oxygen atoms in total. The minimum Gasteiger partial charge on any atom is -0.337 e. The number of hydrogen-bond acceptors (Lipinski definition) is 4. The number of nitrogens with zero attached hydrogens (tertiary/aromatic N) is 4. The molecule has 0 spiro atoms. The third kappa shape index (κ3) is 2.47. The Kier molecular flexibility index (Phi) is 3.54. The van der Waals surface area contributed by atoms with Crippen LogP contribution in [0.4, 0.5) is 0 Å². The minimum atomic E-state index is -3.58. The van der Waals surface area contributed by atoms with Crippen LogP contribution in [0.5, 0.6) is 0 Å². The van der Waals surface area contributed by atoms with Crippen LogP contribution >= 0.6 is 0 Å². The molecule has 2 aromatic rings. The van der Waals surface area contributed by atoms with E-state index in [0.29, 0.717) is 12.4 Å². The molecule has 0 radical (unpaired) electrons. The largest absolute Gasteiger partial charge is 0.337 e. The molecule has 1 saturated heterocycles. The van der Waals surface area contributed by atoms with E-state index < -0.39 is 10.0 Å². The van der Waals surface area contributed by atoms with E-state index in [1.165, 1.54) is 4.31 Å². The van der Waals surface area contributed by atoms with Gasteiger partial charge in [0.25, 0.3) is 10.0 Å². The summed E-state index contributed by atoms with van der Waals surface area (Å²) in [5.41, 5.74) is 0.797. The van der Waals surface area contributed by atoms with Gasteiger partial charge in [0.1, 0.15) is 5.82 Å². The highest BCUT2D eigenvalue weighted by atomic mass is 32.2. The third-order valence-electron chi connectivity index (χ3n) is 3.89. The molecule has 0 N–H and O–H groups in total. The molecule has 0 bridgehead atoms. The number of aromatic nitrogens is 3. The number of aryl methyl sites for hydroxylation is 2. The lowest BCUT2D eigenvalue weighted by atomic mass is 10.1. The van der Waals surface area contributed by atoms with Crippen molar-refractivity contribution in [2.75, 3.05) is 6.54 Å². The van der Waals surface area contributed by atoms with Crippen molar-refractivity contribution in [3.63, 3.8) is 0 Å². The standard InChI is InChI=1S/C14H18N4O2S/c1-11-16-14(10-17(11)2)21(19,20)18-9-5-7-13(18)12-6-3-4-8-15-12/h3-4,6,8,10,13H,5,7,9H2,1-2H3. The van der Waals surface area contributed by atoms with Gasteiger partial charge in [0, 0.05) is 26.0 Å². The van der Waals surface area contributed by atoms with E-state index in [2.05, 4.69) is 9.97 Å². The molecule has 1 unspecified atom stereocenters. The highest BCUT2D eigenvalue weighted by Gasteiger charge is 2.38. The van der Waals surface area contributed by atoms with Gasteiger partial charge in [-0.25, -0.2) is 13.4 Å². The van der Waals surface area contributed by atoms with Gasteiger partial charge < -0.3 is 4.57 Å². The Hall–Kier alpha value is -1.73. The van der Waals surface area contributed by atoms with Crippen molar-refractivity contribution in [3.05, 3.63) is 42.1 Å². The molecule has 3 rings (SSSR count). The molecule has 3 heterocycles. The fourth-order valence-electron chi connectivity index (χ4n) is 2.67. The fourth-order valence-corrected chi connectivity index (χ4v) is 4.36. The molecule has 0 saturated carbocycles. The van der Waals surface area contributed by atoms with Gasteiger partial charge in [-0.2, -0.15) is 4.31 Å². The first-order valence-corrected chi connectivity index (χ1v) is 8.37. The van der Waals surface area contributed by atoms with Crippen LogP contribution in [-0.4, -0.2) is 33.8 Å². The maximum atomic E-state index is 12.8. The van der Waals surface area contributed by atoms with Crippen molar-refractivity contribution in [3.8, 4) is 0 Å². The lowest BCUT2D eigenvalue weighted by molar-refractivity contribution is 0.389. The molecule has 0 amide bonds. The molecule has 1 aliphatic rings. The number of imidazole rings is 1. The summed E-state index contributed by atoms with van der Waals surface area (Å²) in [6.45, 7) is 2.30. The zero-order chi connectivity index (χ0) is 15.0. The number of sulfonamides is 1. The molecule has 1 fully saturated rings. The Balaban J connectivity index is 1.98. The average molecular weight is 306 g/mol. The van der Waals surface area contributed by atoms with Crippen LogP contribution in [0, 0.1) is 6.92 Å². The molecule has 1 atom stereocenters. The smallest absolute Gasteiger partial charge is 0.262 e. The van der Waals surface area contributed by atoms with E-state index in [1.54, 1.807) is 30.9 Å². The molecule has 0 aliphatic carbocycles. The van der Waals surface area contributed by atoms with Crippen LogP contribution in [0.1, 0.15) is 30.4 Å². The molecule has 1 aliphatic heterocycles. The van der Waals surface area contributed by atoms with Crippen molar-refractivity contribution in [2.24, 2.45) is 7.05 Å². The van der Waals surface area contributed by atoms with Crippen LogP contribution in [0.2, 0.25) is 0 Å².